The number of ether oxygens (including phenoxy) is 1. The minimum atomic E-state index is 0.559. The van der Waals surface area contributed by atoms with Gasteiger partial charge in [-0.15, -0.1) is 11.8 Å². The van der Waals surface area contributed by atoms with Crippen molar-refractivity contribution in [2.75, 3.05) is 32.6 Å². The van der Waals surface area contributed by atoms with E-state index in [4.69, 9.17) is 9.57 Å². The maximum Gasteiger partial charge on any atom is 0.0915 e. The molecule has 0 saturated heterocycles. The smallest absolute Gasteiger partial charge is 0.0915 e. The molecule has 0 radical (unpaired) electrons. The molecule has 3 nitrogen and oxygen atoms in total. The number of fused-ring (bicyclic) bond motifs is 1. The highest BCUT2D eigenvalue weighted by atomic mass is 32.2. The Kier molecular flexibility index (Phi) is 4.66. The molecular weight excluding hydrogens is 222 g/mol. The van der Waals surface area contributed by atoms with Crippen LogP contribution in [0.3, 0.4) is 0 Å². The molecule has 0 bridgehead atoms. The van der Waals surface area contributed by atoms with E-state index in [0.717, 1.165) is 12.3 Å². The lowest BCUT2D eigenvalue weighted by atomic mass is 10.0. The molecule has 0 fully saturated rings. The molecule has 0 amide bonds. The van der Waals surface area contributed by atoms with Crippen molar-refractivity contribution in [1.82, 2.24) is 5.48 Å². The molecule has 1 aromatic rings. The van der Waals surface area contributed by atoms with Crippen molar-refractivity contribution in [2.45, 2.75) is 10.8 Å². The van der Waals surface area contributed by atoms with Gasteiger partial charge in [-0.05, 0) is 11.6 Å². The Morgan fingerprint density at radius 1 is 1.38 bits per heavy atom. The van der Waals surface area contributed by atoms with Crippen molar-refractivity contribution in [3.05, 3.63) is 29.8 Å². The maximum absolute atomic E-state index is 5.27. The van der Waals surface area contributed by atoms with Crippen molar-refractivity contribution in [3.8, 4) is 0 Å². The van der Waals surface area contributed by atoms with Gasteiger partial charge >= 0.3 is 0 Å². The van der Waals surface area contributed by atoms with Crippen LogP contribution in [-0.2, 0) is 9.57 Å². The van der Waals surface area contributed by atoms with Crippen molar-refractivity contribution in [2.24, 2.45) is 0 Å². The summed E-state index contributed by atoms with van der Waals surface area (Å²) in [6, 6.07) is 8.59. The third-order valence-electron chi connectivity index (χ3n) is 2.62. The average molecular weight is 239 g/mol. The lowest BCUT2D eigenvalue weighted by Gasteiger charge is -2.11. The Balaban J connectivity index is 1.76. The zero-order valence-corrected chi connectivity index (χ0v) is 10.3. The molecule has 16 heavy (non-hydrogen) atoms. The standard InChI is InChI=1S/C12H17NO2S/c1-14-6-7-15-13-8-10-9-16-12-5-3-2-4-11(10)12/h2-5,10,13H,6-9H2,1H3. The molecule has 2 rings (SSSR count). The largest absolute Gasteiger partial charge is 0.382 e. The first-order valence-electron chi connectivity index (χ1n) is 5.47. The molecule has 1 heterocycles. The molecule has 0 saturated carbocycles. The zero-order chi connectivity index (χ0) is 11.2. The first kappa shape index (κ1) is 11.9. The fraction of sp³-hybridized carbons (Fsp3) is 0.500. The summed E-state index contributed by atoms with van der Waals surface area (Å²) in [7, 11) is 1.67. The van der Waals surface area contributed by atoms with Crippen LogP contribution in [0, 0.1) is 0 Å². The number of nitrogens with one attached hydrogen (secondary N) is 1. The molecule has 1 aliphatic heterocycles. The van der Waals surface area contributed by atoms with Gasteiger partial charge in [0, 0.05) is 30.2 Å². The summed E-state index contributed by atoms with van der Waals surface area (Å²) in [5, 5.41) is 0. The molecule has 1 unspecified atom stereocenters. The number of hydrogen-bond donors (Lipinski definition) is 1. The van der Waals surface area contributed by atoms with Gasteiger partial charge in [-0.2, -0.15) is 0 Å². The first-order valence-corrected chi connectivity index (χ1v) is 6.45. The molecule has 1 aliphatic rings. The summed E-state index contributed by atoms with van der Waals surface area (Å²) < 4.78 is 4.90. The number of rotatable bonds is 6. The summed E-state index contributed by atoms with van der Waals surface area (Å²) in [6.45, 7) is 2.09. The van der Waals surface area contributed by atoms with Crippen LogP contribution in [0.4, 0.5) is 0 Å². The zero-order valence-electron chi connectivity index (χ0n) is 9.44. The SMILES string of the molecule is COCCONCC1CSc2ccccc21. The molecule has 1 atom stereocenters. The lowest BCUT2D eigenvalue weighted by Crippen LogP contribution is -2.23. The monoisotopic (exact) mass is 239 g/mol. The van der Waals surface area contributed by atoms with E-state index in [9.17, 15) is 0 Å². The summed E-state index contributed by atoms with van der Waals surface area (Å²) in [5.41, 5.74) is 4.45. The Bertz CT molecular complexity index is 333. The van der Waals surface area contributed by atoms with Crippen LogP contribution >= 0.6 is 11.8 Å². The minimum absolute atomic E-state index is 0.559. The first-order chi connectivity index (χ1) is 7.92. The highest BCUT2D eigenvalue weighted by Crippen LogP contribution is 2.38. The molecule has 88 valence electrons. The second kappa shape index (κ2) is 6.25. The quantitative estimate of drug-likeness (QED) is 0.608. The van der Waals surface area contributed by atoms with E-state index >= 15 is 0 Å². The number of methoxy groups -OCH3 is 1. The number of hydrogen-bond acceptors (Lipinski definition) is 4. The van der Waals surface area contributed by atoms with Crippen molar-refractivity contribution in [3.63, 3.8) is 0 Å². The van der Waals surface area contributed by atoms with Crippen LogP contribution in [0.25, 0.3) is 0 Å². The Labute approximate surface area is 100 Å². The van der Waals surface area contributed by atoms with E-state index in [-0.39, 0.29) is 0 Å². The third-order valence-corrected chi connectivity index (χ3v) is 3.87. The molecule has 1 aromatic carbocycles. The van der Waals surface area contributed by atoms with E-state index in [2.05, 4.69) is 29.7 Å². The predicted molar refractivity (Wildman–Crippen MR) is 65.7 cm³/mol. The van der Waals surface area contributed by atoms with Gasteiger partial charge in [-0.1, -0.05) is 18.2 Å². The van der Waals surface area contributed by atoms with Crippen molar-refractivity contribution in [1.29, 1.82) is 0 Å². The van der Waals surface area contributed by atoms with E-state index in [0.29, 0.717) is 19.1 Å². The van der Waals surface area contributed by atoms with Gasteiger partial charge in [0.1, 0.15) is 0 Å². The van der Waals surface area contributed by atoms with Crippen molar-refractivity contribution >= 4 is 11.8 Å². The number of hydroxylamine groups is 1. The van der Waals surface area contributed by atoms with Gasteiger partial charge in [0.2, 0.25) is 0 Å². The highest BCUT2D eigenvalue weighted by Gasteiger charge is 2.21. The van der Waals surface area contributed by atoms with Gasteiger partial charge in [-0.3, -0.25) is 4.84 Å². The van der Waals surface area contributed by atoms with E-state index < -0.39 is 0 Å². The normalized spacial score (nSPS) is 18.7. The van der Waals surface area contributed by atoms with Crippen LogP contribution in [0.15, 0.2) is 29.2 Å². The van der Waals surface area contributed by atoms with Gasteiger partial charge in [0.15, 0.2) is 0 Å². The number of benzene rings is 1. The molecule has 0 spiro atoms. The van der Waals surface area contributed by atoms with Crippen molar-refractivity contribution < 1.29 is 9.57 Å². The van der Waals surface area contributed by atoms with E-state index in [1.807, 2.05) is 11.8 Å². The third kappa shape index (κ3) is 2.98. The van der Waals surface area contributed by atoms with E-state index in [1.165, 1.54) is 10.5 Å². The summed E-state index contributed by atoms with van der Waals surface area (Å²) >= 11 is 1.92. The summed E-state index contributed by atoms with van der Waals surface area (Å²) in [4.78, 5) is 6.68. The van der Waals surface area contributed by atoms with Crippen LogP contribution in [-0.4, -0.2) is 32.6 Å². The summed E-state index contributed by atoms with van der Waals surface area (Å²) in [5.74, 6) is 1.70. The van der Waals surface area contributed by atoms with Gasteiger partial charge in [0.25, 0.3) is 0 Å². The maximum atomic E-state index is 5.27. The molecule has 4 heteroatoms. The fourth-order valence-electron chi connectivity index (χ4n) is 1.75. The minimum Gasteiger partial charge on any atom is -0.382 e. The highest BCUT2D eigenvalue weighted by molar-refractivity contribution is 7.99. The van der Waals surface area contributed by atoms with E-state index in [1.54, 1.807) is 7.11 Å². The van der Waals surface area contributed by atoms with Crippen LogP contribution in [0.2, 0.25) is 0 Å². The topological polar surface area (TPSA) is 30.5 Å². The lowest BCUT2D eigenvalue weighted by molar-refractivity contribution is 0.00537. The second-order valence-corrected chi connectivity index (χ2v) is 4.80. The van der Waals surface area contributed by atoms with Gasteiger partial charge in [0.05, 0.1) is 13.2 Å². The Hall–Kier alpha value is -0.550. The molecular formula is C12H17NO2S. The van der Waals surface area contributed by atoms with Crippen LogP contribution in [0.1, 0.15) is 11.5 Å². The summed E-state index contributed by atoms with van der Waals surface area (Å²) in [6.07, 6.45) is 0. The number of thioether (sulfide) groups is 1. The van der Waals surface area contributed by atoms with Crippen LogP contribution < -0.4 is 5.48 Å². The Morgan fingerprint density at radius 2 is 2.25 bits per heavy atom. The second-order valence-electron chi connectivity index (χ2n) is 3.74. The molecule has 0 aliphatic carbocycles. The molecule has 0 aromatic heterocycles. The van der Waals surface area contributed by atoms with Gasteiger partial charge < -0.3 is 4.74 Å². The van der Waals surface area contributed by atoms with Crippen LogP contribution in [0.5, 0.6) is 0 Å². The average Bonchev–Trinajstić information content (AvgIpc) is 2.73. The predicted octanol–water partition coefficient (Wildman–Crippen LogP) is 2.04. The Morgan fingerprint density at radius 3 is 3.12 bits per heavy atom. The fourth-order valence-corrected chi connectivity index (χ4v) is 3.01. The molecule has 1 N–H and O–H groups in total. The van der Waals surface area contributed by atoms with Gasteiger partial charge in [-0.25, -0.2) is 5.48 Å².